The van der Waals surface area contributed by atoms with Crippen LogP contribution in [0, 0.1) is 0 Å². The molecule has 17 heavy (non-hydrogen) atoms. The smallest absolute Gasteiger partial charge is 0.0409 e. The lowest BCUT2D eigenvalue weighted by Crippen LogP contribution is -2.39. The maximum absolute atomic E-state index is 5.93. The van der Waals surface area contributed by atoms with E-state index in [9.17, 15) is 0 Å². The number of halogens is 3. The Labute approximate surface area is 120 Å². The van der Waals surface area contributed by atoms with Gasteiger partial charge in [-0.15, -0.1) is 24.8 Å². The van der Waals surface area contributed by atoms with E-state index in [4.69, 9.17) is 11.6 Å². The second-order valence-corrected chi connectivity index (χ2v) is 4.47. The van der Waals surface area contributed by atoms with Crippen molar-refractivity contribution in [3.8, 4) is 0 Å². The third kappa shape index (κ3) is 5.94. The Hall–Kier alpha value is 0.01000. The number of hydrogen-bond acceptors (Lipinski definition) is 2. The van der Waals surface area contributed by atoms with E-state index in [0.717, 1.165) is 24.7 Å². The van der Waals surface area contributed by atoms with Gasteiger partial charge in [0.15, 0.2) is 0 Å². The van der Waals surface area contributed by atoms with Crippen LogP contribution in [0.3, 0.4) is 0 Å². The Bertz CT molecular complexity index is 314. The molecule has 0 spiro atoms. The van der Waals surface area contributed by atoms with Crippen LogP contribution in [0.4, 0.5) is 0 Å². The number of hydrogen-bond donors (Lipinski definition) is 2. The molecule has 1 fully saturated rings. The molecular formula is C12H19Cl3N2. The quantitative estimate of drug-likeness (QED) is 0.896. The Morgan fingerprint density at radius 1 is 1.24 bits per heavy atom. The number of piperidine rings is 1. The molecule has 1 heterocycles. The molecular weight excluding hydrogens is 279 g/mol. The fraction of sp³-hybridized carbons (Fsp3) is 0.500. The van der Waals surface area contributed by atoms with Gasteiger partial charge < -0.3 is 10.6 Å². The van der Waals surface area contributed by atoms with Crippen molar-refractivity contribution in [2.45, 2.75) is 25.4 Å². The van der Waals surface area contributed by atoms with Gasteiger partial charge in [0.25, 0.3) is 0 Å². The average Bonchev–Trinajstić information content (AvgIpc) is 2.28. The Balaban J connectivity index is 0.00000128. The molecule has 5 heteroatoms. The average molecular weight is 298 g/mol. The third-order valence-electron chi connectivity index (χ3n) is 2.82. The minimum Gasteiger partial charge on any atom is -0.317 e. The summed E-state index contributed by atoms with van der Waals surface area (Å²) in [7, 11) is 0. The number of nitrogens with one attached hydrogen (secondary N) is 2. The predicted molar refractivity (Wildman–Crippen MR) is 78.7 cm³/mol. The van der Waals surface area contributed by atoms with E-state index in [2.05, 4.69) is 16.7 Å². The second-order valence-electron chi connectivity index (χ2n) is 4.04. The molecule has 1 aromatic rings. The van der Waals surface area contributed by atoms with Crippen LogP contribution in [0.25, 0.3) is 0 Å². The lowest BCUT2D eigenvalue weighted by atomic mass is 10.1. The fourth-order valence-corrected chi connectivity index (χ4v) is 2.15. The fourth-order valence-electron chi connectivity index (χ4n) is 1.94. The van der Waals surface area contributed by atoms with Gasteiger partial charge in [0, 0.05) is 17.6 Å². The van der Waals surface area contributed by atoms with E-state index >= 15 is 0 Å². The van der Waals surface area contributed by atoms with Gasteiger partial charge in [0.1, 0.15) is 0 Å². The van der Waals surface area contributed by atoms with Crippen LogP contribution >= 0.6 is 36.4 Å². The summed E-state index contributed by atoms with van der Waals surface area (Å²) >= 11 is 5.93. The molecule has 0 aliphatic carbocycles. The lowest BCUT2D eigenvalue weighted by molar-refractivity contribution is 0.386. The molecule has 0 radical (unpaired) electrons. The first-order chi connectivity index (χ1) is 7.34. The first-order valence-corrected chi connectivity index (χ1v) is 5.91. The highest BCUT2D eigenvalue weighted by Gasteiger charge is 2.11. The molecule has 0 unspecified atom stereocenters. The summed E-state index contributed by atoms with van der Waals surface area (Å²) in [6, 6.07) is 8.71. The highest BCUT2D eigenvalue weighted by molar-refractivity contribution is 6.30. The highest BCUT2D eigenvalue weighted by Crippen LogP contribution is 2.11. The topological polar surface area (TPSA) is 24.1 Å². The Kier molecular flexibility index (Phi) is 9.01. The molecule has 0 bridgehead atoms. The predicted octanol–water partition coefficient (Wildman–Crippen LogP) is 3.03. The van der Waals surface area contributed by atoms with Crippen molar-refractivity contribution in [3.05, 3.63) is 34.9 Å². The molecule has 2 nitrogen and oxygen atoms in total. The summed E-state index contributed by atoms with van der Waals surface area (Å²) in [5.74, 6) is 0. The maximum atomic E-state index is 5.93. The normalized spacial score (nSPS) is 15.8. The molecule has 0 atom stereocenters. The minimum absolute atomic E-state index is 0. The van der Waals surface area contributed by atoms with Crippen molar-refractivity contribution in [2.24, 2.45) is 0 Å². The molecule has 0 aromatic heterocycles. The number of benzene rings is 1. The molecule has 1 aliphatic heterocycles. The summed E-state index contributed by atoms with van der Waals surface area (Å²) in [5.41, 5.74) is 1.26. The van der Waals surface area contributed by atoms with Crippen molar-refractivity contribution in [1.82, 2.24) is 10.6 Å². The van der Waals surface area contributed by atoms with Crippen LogP contribution in [0.1, 0.15) is 18.4 Å². The minimum atomic E-state index is 0. The molecule has 0 amide bonds. The Morgan fingerprint density at radius 2 is 1.94 bits per heavy atom. The number of rotatable bonds is 3. The molecule has 0 saturated carbocycles. The van der Waals surface area contributed by atoms with Gasteiger partial charge in [0.2, 0.25) is 0 Å². The maximum Gasteiger partial charge on any atom is 0.0409 e. The van der Waals surface area contributed by atoms with E-state index in [1.165, 1.54) is 18.4 Å². The molecule has 1 aromatic carbocycles. The van der Waals surface area contributed by atoms with Crippen molar-refractivity contribution in [2.75, 3.05) is 13.1 Å². The van der Waals surface area contributed by atoms with E-state index in [1.807, 2.05) is 18.2 Å². The van der Waals surface area contributed by atoms with Gasteiger partial charge in [-0.2, -0.15) is 0 Å². The van der Waals surface area contributed by atoms with Crippen LogP contribution in [0.5, 0.6) is 0 Å². The summed E-state index contributed by atoms with van der Waals surface area (Å²) < 4.78 is 0. The van der Waals surface area contributed by atoms with Crippen LogP contribution in [0.15, 0.2) is 24.3 Å². The summed E-state index contributed by atoms with van der Waals surface area (Å²) in [5, 5.41) is 7.75. The Morgan fingerprint density at radius 3 is 2.59 bits per heavy atom. The van der Waals surface area contributed by atoms with Gasteiger partial charge in [-0.25, -0.2) is 0 Å². The summed E-state index contributed by atoms with van der Waals surface area (Å²) in [6.07, 6.45) is 2.45. The van der Waals surface area contributed by atoms with Crippen molar-refractivity contribution in [1.29, 1.82) is 0 Å². The lowest BCUT2D eigenvalue weighted by Gasteiger charge is -2.23. The van der Waals surface area contributed by atoms with Gasteiger partial charge >= 0.3 is 0 Å². The van der Waals surface area contributed by atoms with Gasteiger partial charge in [-0.1, -0.05) is 23.7 Å². The van der Waals surface area contributed by atoms with E-state index < -0.39 is 0 Å². The van der Waals surface area contributed by atoms with Gasteiger partial charge in [0.05, 0.1) is 0 Å². The van der Waals surface area contributed by atoms with E-state index in [-0.39, 0.29) is 24.8 Å². The van der Waals surface area contributed by atoms with E-state index in [0.29, 0.717) is 6.04 Å². The van der Waals surface area contributed by atoms with E-state index in [1.54, 1.807) is 0 Å². The standard InChI is InChI=1S/C12H17ClN2.2ClH/c13-11-3-1-2-10(8-11)9-15-12-4-6-14-7-5-12;;/h1-3,8,12,14-15H,4-7,9H2;2*1H. The highest BCUT2D eigenvalue weighted by atomic mass is 35.5. The molecule has 2 N–H and O–H groups in total. The zero-order valence-corrected chi connectivity index (χ0v) is 12.0. The second kappa shape index (κ2) is 9.01. The van der Waals surface area contributed by atoms with Crippen molar-refractivity contribution in [3.63, 3.8) is 0 Å². The van der Waals surface area contributed by atoms with Crippen molar-refractivity contribution < 1.29 is 0 Å². The van der Waals surface area contributed by atoms with Crippen LogP contribution in [-0.2, 0) is 6.54 Å². The third-order valence-corrected chi connectivity index (χ3v) is 3.06. The van der Waals surface area contributed by atoms with Crippen LogP contribution < -0.4 is 10.6 Å². The molecule has 98 valence electrons. The SMILES string of the molecule is Cl.Cl.Clc1cccc(CNC2CCNCC2)c1. The van der Waals surface area contributed by atoms with Crippen LogP contribution in [-0.4, -0.2) is 19.1 Å². The summed E-state index contributed by atoms with van der Waals surface area (Å²) in [6.45, 7) is 3.19. The molecule has 1 aliphatic rings. The molecule has 2 rings (SSSR count). The van der Waals surface area contributed by atoms with Crippen LogP contribution in [0.2, 0.25) is 5.02 Å². The zero-order chi connectivity index (χ0) is 10.5. The largest absolute Gasteiger partial charge is 0.317 e. The van der Waals surface area contributed by atoms with Crippen molar-refractivity contribution >= 4 is 36.4 Å². The van der Waals surface area contributed by atoms with Gasteiger partial charge in [-0.05, 0) is 43.6 Å². The summed E-state index contributed by atoms with van der Waals surface area (Å²) in [4.78, 5) is 0. The molecule has 1 saturated heterocycles. The monoisotopic (exact) mass is 296 g/mol. The first-order valence-electron chi connectivity index (χ1n) is 5.53. The first kappa shape index (κ1) is 17.0. The van der Waals surface area contributed by atoms with Gasteiger partial charge in [-0.3, -0.25) is 0 Å². The zero-order valence-electron chi connectivity index (χ0n) is 9.62.